The Labute approximate surface area is 106 Å². The zero-order valence-corrected chi connectivity index (χ0v) is 10.2. The number of terminal acetylenes is 1. The van der Waals surface area contributed by atoms with Crippen molar-refractivity contribution in [3.8, 4) is 12.3 Å². The molecule has 3 unspecified atom stereocenters. The molecule has 18 heavy (non-hydrogen) atoms. The van der Waals surface area contributed by atoms with E-state index in [1.54, 1.807) is 6.92 Å². The van der Waals surface area contributed by atoms with E-state index in [0.717, 1.165) is 0 Å². The summed E-state index contributed by atoms with van der Waals surface area (Å²) in [5, 5.41) is 31.1. The Morgan fingerprint density at radius 3 is 2.67 bits per heavy atom. The Hall–Kier alpha value is -1.13. The van der Waals surface area contributed by atoms with E-state index in [4.69, 9.17) is 16.3 Å². The lowest BCUT2D eigenvalue weighted by Crippen LogP contribution is -2.63. The van der Waals surface area contributed by atoms with Gasteiger partial charge in [-0.3, -0.25) is 4.79 Å². The molecule has 1 fully saturated rings. The number of hydrogen-bond acceptors (Lipinski definition) is 5. The average Bonchev–Trinajstić information content (AvgIpc) is 2.36. The number of aliphatic hydroxyl groups is 3. The molecule has 0 bridgehead atoms. The molecule has 1 rings (SSSR count). The normalized spacial score (nSPS) is 35.8. The maximum atomic E-state index is 11.5. The molecule has 1 heterocycles. The van der Waals surface area contributed by atoms with E-state index in [1.165, 1.54) is 0 Å². The topological polar surface area (TPSA) is 99.0 Å². The highest BCUT2D eigenvalue weighted by atomic mass is 16.5. The number of carbonyl (C=O) groups is 1. The van der Waals surface area contributed by atoms with Crippen LogP contribution in [0.5, 0.6) is 0 Å². The summed E-state index contributed by atoms with van der Waals surface area (Å²) in [5.74, 6) is 2.04. The molecule has 0 spiro atoms. The van der Waals surface area contributed by atoms with Gasteiger partial charge < -0.3 is 25.4 Å². The summed E-state index contributed by atoms with van der Waals surface area (Å²) in [6.07, 6.45) is 1.77. The van der Waals surface area contributed by atoms with Crippen molar-refractivity contribution in [2.24, 2.45) is 0 Å². The van der Waals surface area contributed by atoms with Gasteiger partial charge in [0.05, 0.1) is 18.8 Å². The van der Waals surface area contributed by atoms with Crippen LogP contribution in [0.25, 0.3) is 0 Å². The molecule has 0 radical (unpaired) electrons. The van der Waals surface area contributed by atoms with Crippen LogP contribution >= 0.6 is 0 Å². The van der Waals surface area contributed by atoms with Crippen LogP contribution in [0.1, 0.15) is 19.8 Å². The van der Waals surface area contributed by atoms with Crippen molar-refractivity contribution in [1.29, 1.82) is 0 Å². The summed E-state index contributed by atoms with van der Waals surface area (Å²) in [6, 6.07) is -0.715. The van der Waals surface area contributed by atoms with Gasteiger partial charge in [0.2, 0.25) is 5.91 Å². The van der Waals surface area contributed by atoms with Crippen molar-refractivity contribution in [2.75, 3.05) is 6.61 Å². The van der Waals surface area contributed by atoms with Crippen LogP contribution in [0.2, 0.25) is 0 Å². The minimum atomic E-state index is -1.23. The fourth-order valence-corrected chi connectivity index (χ4v) is 1.95. The third-order valence-corrected chi connectivity index (χ3v) is 3.00. The second kappa shape index (κ2) is 6.71. The van der Waals surface area contributed by atoms with Crippen molar-refractivity contribution in [3.05, 3.63) is 0 Å². The van der Waals surface area contributed by atoms with E-state index in [2.05, 4.69) is 11.2 Å². The van der Waals surface area contributed by atoms with Gasteiger partial charge in [-0.15, -0.1) is 12.3 Å². The minimum Gasteiger partial charge on any atom is -0.394 e. The zero-order valence-electron chi connectivity index (χ0n) is 10.2. The van der Waals surface area contributed by atoms with E-state index >= 15 is 0 Å². The highest BCUT2D eigenvalue weighted by molar-refractivity contribution is 5.76. The van der Waals surface area contributed by atoms with Crippen LogP contribution in [0.4, 0.5) is 0 Å². The Morgan fingerprint density at radius 2 is 2.11 bits per heavy atom. The van der Waals surface area contributed by atoms with Gasteiger partial charge in [-0.05, 0) is 6.92 Å². The van der Waals surface area contributed by atoms with Gasteiger partial charge in [0.15, 0.2) is 0 Å². The molecule has 0 saturated carbocycles. The van der Waals surface area contributed by atoms with Gasteiger partial charge in [0.1, 0.15) is 18.3 Å². The fourth-order valence-electron chi connectivity index (χ4n) is 1.95. The number of carbonyl (C=O) groups excluding carboxylic acids is 1. The molecule has 0 aromatic heterocycles. The first-order chi connectivity index (χ1) is 8.51. The lowest BCUT2D eigenvalue weighted by Gasteiger charge is -2.41. The number of amides is 1. The Morgan fingerprint density at radius 1 is 1.44 bits per heavy atom. The third-order valence-electron chi connectivity index (χ3n) is 3.00. The van der Waals surface area contributed by atoms with Crippen molar-refractivity contribution in [3.63, 3.8) is 0 Å². The maximum Gasteiger partial charge on any atom is 0.221 e. The van der Waals surface area contributed by atoms with Crippen molar-refractivity contribution in [2.45, 2.75) is 50.2 Å². The highest BCUT2D eigenvalue weighted by Crippen LogP contribution is 2.20. The highest BCUT2D eigenvalue weighted by Gasteiger charge is 2.42. The lowest BCUT2D eigenvalue weighted by atomic mass is 9.93. The second-order valence-electron chi connectivity index (χ2n) is 4.34. The first-order valence-electron chi connectivity index (χ1n) is 5.86. The van der Waals surface area contributed by atoms with Crippen molar-refractivity contribution < 1.29 is 24.9 Å². The zero-order chi connectivity index (χ0) is 13.7. The van der Waals surface area contributed by atoms with Gasteiger partial charge in [-0.1, -0.05) is 0 Å². The number of nitrogens with one attached hydrogen (secondary N) is 1. The molecular weight excluding hydrogens is 238 g/mol. The number of hydrogen-bond donors (Lipinski definition) is 4. The van der Waals surface area contributed by atoms with Crippen molar-refractivity contribution >= 4 is 5.91 Å². The predicted octanol–water partition coefficient (Wildman–Crippen LogP) is -1.61. The fraction of sp³-hybridized carbons (Fsp3) is 0.750. The average molecular weight is 257 g/mol. The molecule has 1 amide bonds. The minimum absolute atomic E-state index is 0.159. The molecule has 1 saturated heterocycles. The van der Waals surface area contributed by atoms with Crippen LogP contribution in [-0.2, 0) is 9.53 Å². The number of rotatable bonds is 4. The molecule has 1 aliphatic rings. The summed E-state index contributed by atoms with van der Waals surface area (Å²) in [7, 11) is 0. The summed E-state index contributed by atoms with van der Waals surface area (Å²) in [4.78, 5) is 11.5. The van der Waals surface area contributed by atoms with E-state index in [0.29, 0.717) is 6.42 Å². The van der Waals surface area contributed by atoms with Gasteiger partial charge in [0, 0.05) is 12.8 Å². The molecule has 0 aliphatic carbocycles. The van der Waals surface area contributed by atoms with Gasteiger partial charge >= 0.3 is 0 Å². The molecule has 4 N–H and O–H groups in total. The molecule has 6 nitrogen and oxygen atoms in total. The number of aliphatic hydroxyl groups excluding tert-OH is 3. The molecule has 0 aromatic rings. The molecule has 102 valence electrons. The van der Waals surface area contributed by atoms with Crippen LogP contribution in [-0.4, -0.2) is 58.3 Å². The van der Waals surface area contributed by atoms with E-state index < -0.39 is 30.5 Å². The summed E-state index contributed by atoms with van der Waals surface area (Å²) in [5.41, 5.74) is 0. The van der Waals surface area contributed by atoms with Gasteiger partial charge in [-0.25, -0.2) is 0 Å². The summed E-state index contributed by atoms with van der Waals surface area (Å²) >= 11 is 0. The van der Waals surface area contributed by atoms with Crippen LogP contribution < -0.4 is 5.32 Å². The molecule has 0 aromatic carbocycles. The molecular formula is C12H19NO5. The Kier molecular flexibility index (Phi) is 5.56. The van der Waals surface area contributed by atoms with E-state index in [1.807, 2.05) is 0 Å². The largest absolute Gasteiger partial charge is 0.394 e. The standard InChI is InChI=1S/C12H19NO5/c1-3-4-5-9(15)13-10-7(2)18-8(6-14)11(16)12(10)17/h1,7-8,10-12,14,16-17H,4-6H2,2H3,(H,13,15)/t7-,8?,10?,11+,12?/m0/s1. The quantitative estimate of drug-likeness (QED) is 0.454. The van der Waals surface area contributed by atoms with Gasteiger partial charge in [-0.2, -0.15) is 0 Å². The summed E-state index contributed by atoms with van der Waals surface area (Å²) in [6.45, 7) is 1.27. The van der Waals surface area contributed by atoms with Crippen molar-refractivity contribution in [1.82, 2.24) is 5.32 Å². The lowest BCUT2D eigenvalue weighted by molar-refractivity contribution is -0.190. The SMILES string of the molecule is C#CCCC(=O)NC1C(O)[C@H](O)C(CO)O[C@H]1C. The Bertz CT molecular complexity index is 327. The Balaban J connectivity index is 2.60. The summed E-state index contributed by atoms with van der Waals surface area (Å²) < 4.78 is 5.32. The monoisotopic (exact) mass is 257 g/mol. The van der Waals surface area contributed by atoms with E-state index in [-0.39, 0.29) is 18.9 Å². The molecule has 1 aliphatic heterocycles. The first kappa shape index (κ1) is 14.9. The smallest absolute Gasteiger partial charge is 0.221 e. The molecule has 5 atom stereocenters. The predicted molar refractivity (Wildman–Crippen MR) is 63.4 cm³/mol. The maximum absolute atomic E-state index is 11.5. The van der Waals surface area contributed by atoms with Crippen LogP contribution in [0.15, 0.2) is 0 Å². The second-order valence-corrected chi connectivity index (χ2v) is 4.34. The third kappa shape index (κ3) is 3.43. The van der Waals surface area contributed by atoms with Crippen LogP contribution in [0.3, 0.4) is 0 Å². The van der Waals surface area contributed by atoms with Crippen LogP contribution in [0, 0.1) is 12.3 Å². The molecule has 6 heteroatoms. The van der Waals surface area contributed by atoms with E-state index in [9.17, 15) is 15.0 Å². The number of ether oxygens (including phenoxy) is 1. The van der Waals surface area contributed by atoms with Gasteiger partial charge in [0.25, 0.3) is 0 Å². The first-order valence-corrected chi connectivity index (χ1v) is 5.86.